The monoisotopic (exact) mass is 387 g/mol. The summed E-state index contributed by atoms with van der Waals surface area (Å²) < 4.78 is 5.31. The first-order valence-corrected chi connectivity index (χ1v) is 8.44. The summed E-state index contributed by atoms with van der Waals surface area (Å²) in [5.41, 5.74) is 2.24. The number of methoxy groups -OCH3 is 1. The van der Waals surface area contributed by atoms with Crippen molar-refractivity contribution in [2.24, 2.45) is 0 Å². The number of carbonyl (C=O) groups excluding carboxylic acids is 1. The number of hydrogen-bond donors (Lipinski definition) is 2. The maximum atomic E-state index is 12.5. The van der Waals surface area contributed by atoms with E-state index in [0.717, 1.165) is 5.69 Å². The van der Waals surface area contributed by atoms with Gasteiger partial charge in [0.05, 0.1) is 46.0 Å². The summed E-state index contributed by atoms with van der Waals surface area (Å²) in [6.07, 6.45) is 3.09. The topological polar surface area (TPSA) is 63.2 Å². The molecule has 2 N–H and O–H groups in total. The summed E-state index contributed by atoms with van der Waals surface area (Å²) in [7, 11) is 1.59. The van der Waals surface area contributed by atoms with Crippen LogP contribution in [0.25, 0.3) is 0 Å². The van der Waals surface area contributed by atoms with Crippen LogP contribution in [0.4, 0.5) is 17.1 Å². The van der Waals surface area contributed by atoms with Gasteiger partial charge in [0.2, 0.25) is 0 Å². The first-order chi connectivity index (χ1) is 12.6. The number of pyridine rings is 1. The number of nitrogens with zero attached hydrogens (tertiary/aromatic N) is 1. The van der Waals surface area contributed by atoms with Crippen molar-refractivity contribution in [2.45, 2.75) is 0 Å². The van der Waals surface area contributed by atoms with Crippen molar-refractivity contribution in [1.82, 2.24) is 4.98 Å². The lowest BCUT2D eigenvalue weighted by Crippen LogP contribution is -2.13. The second-order valence-electron chi connectivity index (χ2n) is 5.34. The van der Waals surface area contributed by atoms with Crippen LogP contribution in [0.2, 0.25) is 10.0 Å². The zero-order chi connectivity index (χ0) is 18.5. The molecule has 2 aromatic carbocycles. The molecule has 5 nitrogen and oxygen atoms in total. The molecule has 0 saturated heterocycles. The molecule has 0 aliphatic carbocycles. The number of ether oxygens (including phenoxy) is 1. The van der Waals surface area contributed by atoms with Crippen molar-refractivity contribution in [3.63, 3.8) is 0 Å². The van der Waals surface area contributed by atoms with Gasteiger partial charge in [-0.25, -0.2) is 0 Å². The van der Waals surface area contributed by atoms with E-state index < -0.39 is 0 Å². The largest absolute Gasteiger partial charge is 0.495 e. The molecule has 0 aliphatic rings. The highest BCUT2D eigenvalue weighted by Crippen LogP contribution is 2.30. The highest BCUT2D eigenvalue weighted by atomic mass is 35.5. The molecule has 132 valence electrons. The Morgan fingerprint density at radius 1 is 1.04 bits per heavy atom. The van der Waals surface area contributed by atoms with E-state index in [2.05, 4.69) is 15.6 Å². The van der Waals surface area contributed by atoms with Crippen LogP contribution in [0, 0.1) is 0 Å². The first kappa shape index (κ1) is 18.0. The molecule has 26 heavy (non-hydrogen) atoms. The third-order valence-electron chi connectivity index (χ3n) is 3.59. The highest BCUT2D eigenvalue weighted by Gasteiger charge is 2.12. The summed E-state index contributed by atoms with van der Waals surface area (Å²) in [4.78, 5) is 16.6. The average molecular weight is 388 g/mol. The molecule has 0 saturated carbocycles. The number of benzene rings is 2. The van der Waals surface area contributed by atoms with Crippen LogP contribution in [-0.2, 0) is 0 Å². The Hall–Kier alpha value is -2.76. The van der Waals surface area contributed by atoms with Crippen LogP contribution in [0.5, 0.6) is 5.75 Å². The van der Waals surface area contributed by atoms with Gasteiger partial charge in [0.25, 0.3) is 5.91 Å². The molecule has 0 atom stereocenters. The lowest BCUT2D eigenvalue weighted by Gasteiger charge is -2.12. The zero-order valence-electron chi connectivity index (χ0n) is 13.8. The van der Waals surface area contributed by atoms with E-state index in [0.29, 0.717) is 32.7 Å². The Bertz CT molecular complexity index is 948. The first-order valence-electron chi connectivity index (χ1n) is 7.69. The highest BCUT2D eigenvalue weighted by molar-refractivity contribution is 6.44. The van der Waals surface area contributed by atoms with Gasteiger partial charge in [-0.15, -0.1) is 0 Å². The van der Waals surface area contributed by atoms with Gasteiger partial charge in [0.15, 0.2) is 0 Å². The Balaban J connectivity index is 1.80. The molecule has 7 heteroatoms. The number of nitrogens with one attached hydrogen (secondary N) is 2. The maximum absolute atomic E-state index is 12.5. The van der Waals surface area contributed by atoms with Crippen molar-refractivity contribution in [1.29, 1.82) is 0 Å². The number of anilines is 3. The summed E-state index contributed by atoms with van der Waals surface area (Å²) in [6.45, 7) is 0. The smallest absolute Gasteiger partial charge is 0.257 e. The van der Waals surface area contributed by atoms with Gasteiger partial charge in [-0.1, -0.05) is 41.4 Å². The molecule has 1 heterocycles. The third kappa shape index (κ3) is 4.07. The second kappa shape index (κ2) is 8.08. The molecule has 0 radical (unpaired) electrons. The molecule has 0 spiro atoms. The Morgan fingerprint density at radius 2 is 1.81 bits per heavy atom. The van der Waals surface area contributed by atoms with Crippen molar-refractivity contribution in [3.05, 3.63) is 76.5 Å². The predicted octanol–water partition coefficient (Wildman–Crippen LogP) is 5.39. The molecule has 0 aliphatic heterocycles. The van der Waals surface area contributed by atoms with Gasteiger partial charge in [-0.3, -0.25) is 9.78 Å². The quantitative estimate of drug-likeness (QED) is 0.615. The lowest BCUT2D eigenvalue weighted by atomic mass is 10.2. The zero-order valence-corrected chi connectivity index (χ0v) is 15.3. The molecule has 3 rings (SSSR count). The molecular formula is C19H15Cl2N3O2. The van der Waals surface area contributed by atoms with Crippen LogP contribution in [0.3, 0.4) is 0 Å². The Morgan fingerprint density at radius 3 is 2.62 bits per heavy atom. The van der Waals surface area contributed by atoms with Crippen molar-refractivity contribution >= 4 is 46.2 Å². The minimum absolute atomic E-state index is 0.291. The molecule has 0 bridgehead atoms. The van der Waals surface area contributed by atoms with Gasteiger partial charge in [-0.05, 0) is 30.3 Å². The van der Waals surface area contributed by atoms with Crippen LogP contribution in [0.1, 0.15) is 10.4 Å². The fourth-order valence-electron chi connectivity index (χ4n) is 2.33. The maximum Gasteiger partial charge on any atom is 0.257 e. The molecule has 0 unspecified atom stereocenters. The van der Waals surface area contributed by atoms with E-state index in [9.17, 15) is 4.79 Å². The van der Waals surface area contributed by atoms with Crippen LogP contribution >= 0.6 is 23.2 Å². The standard InChI is InChI=1S/C19H15Cl2N3O2/c1-26-17-8-3-2-6-15(17)23-13-9-12(10-22-11-13)19(25)24-16-7-4-5-14(20)18(16)21/h2-11,23H,1H3,(H,24,25). The van der Waals surface area contributed by atoms with Crippen molar-refractivity contribution in [3.8, 4) is 5.75 Å². The SMILES string of the molecule is COc1ccccc1Nc1cncc(C(=O)Nc2cccc(Cl)c2Cl)c1. The molecular weight excluding hydrogens is 373 g/mol. The van der Waals surface area contributed by atoms with Crippen molar-refractivity contribution in [2.75, 3.05) is 17.7 Å². The molecule has 1 aromatic heterocycles. The minimum Gasteiger partial charge on any atom is -0.495 e. The van der Waals surface area contributed by atoms with E-state index >= 15 is 0 Å². The summed E-state index contributed by atoms with van der Waals surface area (Å²) in [6, 6.07) is 14.2. The molecule has 1 amide bonds. The minimum atomic E-state index is -0.342. The summed E-state index contributed by atoms with van der Waals surface area (Å²) >= 11 is 12.1. The third-order valence-corrected chi connectivity index (χ3v) is 4.41. The van der Waals surface area contributed by atoms with Crippen LogP contribution in [-0.4, -0.2) is 18.0 Å². The van der Waals surface area contributed by atoms with Gasteiger partial charge in [-0.2, -0.15) is 0 Å². The number of halogens is 2. The van der Waals surface area contributed by atoms with Gasteiger partial charge >= 0.3 is 0 Å². The molecule has 0 fully saturated rings. The number of carbonyl (C=O) groups is 1. The number of para-hydroxylation sites is 2. The van der Waals surface area contributed by atoms with Gasteiger partial charge in [0, 0.05) is 6.20 Å². The van der Waals surface area contributed by atoms with E-state index in [-0.39, 0.29) is 5.91 Å². The van der Waals surface area contributed by atoms with Crippen molar-refractivity contribution < 1.29 is 9.53 Å². The Kier molecular flexibility index (Phi) is 5.61. The predicted molar refractivity (Wildman–Crippen MR) is 105 cm³/mol. The number of amides is 1. The summed E-state index contributed by atoms with van der Waals surface area (Å²) in [5.74, 6) is 0.346. The number of hydrogen-bond acceptors (Lipinski definition) is 4. The van der Waals surface area contributed by atoms with E-state index in [4.69, 9.17) is 27.9 Å². The van der Waals surface area contributed by atoms with E-state index in [1.165, 1.54) is 6.20 Å². The average Bonchev–Trinajstić information content (AvgIpc) is 2.66. The van der Waals surface area contributed by atoms with Crippen LogP contribution < -0.4 is 15.4 Å². The molecule has 3 aromatic rings. The second-order valence-corrected chi connectivity index (χ2v) is 6.13. The fourth-order valence-corrected chi connectivity index (χ4v) is 2.68. The fraction of sp³-hybridized carbons (Fsp3) is 0.0526. The van der Waals surface area contributed by atoms with Gasteiger partial charge in [0.1, 0.15) is 5.75 Å². The van der Waals surface area contributed by atoms with E-state index in [1.807, 2.05) is 24.3 Å². The number of aromatic nitrogens is 1. The normalized spacial score (nSPS) is 10.3. The summed E-state index contributed by atoms with van der Waals surface area (Å²) in [5, 5.41) is 6.58. The van der Waals surface area contributed by atoms with Crippen LogP contribution in [0.15, 0.2) is 60.9 Å². The van der Waals surface area contributed by atoms with Gasteiger partial charge < -0.3 is 15.4 Å². The number of rotatable bonds is 5. The lowest BCUT2D eigenvalue weighted by molar-refractivity contribution is 0.102. The van der Waals surface area contributed by atoms with E-state index in [1.54, 1.807) is 37.6 Å². The Labute approximate surface area is 160 Å².